The third kappa shape index (κ3) is 7.83. The molecule has 0 unspecified atom stereocenters. The van der Waals surface area contributed by atoms with Gasteiger partial charge >= 0.3 is 7.12 Å². The van der Waals surface area contributed by atoms with Crippen molar-refractivity contribution in [3.63, 3.8) is 0 Å². The molecule has 0 aromatic heterocycles. The molecule has 5 heteroatoms. The van der Waals surface area contributed by atoms with Crippen LogP contribution in [-0.2, 0) is 9.31 Å². The quantitative estimate of drug-likeness (QED) is 0.691. The first-order valence-corrected chi connectivity index (χ1v) is 7.88. The fourth-order valence-electron chi connectivity index (χ4n) is 1.81. The van der Waals surface area contributed by atoms with E-state index in [0.29, 0.717) is 6.61 Å². The highest BCUT2D eigenvalue weighted by molar-refractivity contribution is 6.61. The van der Waals surface area contributed by atoms with Crippen molar-refractivity contribution in [2.75, 3.05) is 27.2 Å². The predicted molar refractivity (Wildman–Crippen MR) is 92.9 cm³/mol. The molecule has 1 aromatic rings. The van der Waals surface area contributed by atoms with Crippen molar-refractivity contribution in [3.05, 3.63) is 24.3 Å². The second kappa shape index (κ2) is 8.56. The lowest BCUT2D eigenvalue weighted by Gasteiger charge is -2.26. The molecule has 0 aliphatic heterocycles. The molecule has 1 aromatic carbocycles. The third-order valence-corrected chi connectivity index (χ3v) is 2.82. The third-order valence-electron chi connectivity index (χ3n) is 2.82. The number of ether oxygens (including phenoxy) is 1. The summed E-state index contributed by atoms with van der Waals surface area (Å²) in [6.45, 7) is 11.7. The van der Waals surface area contributed by atoms with Crippen LogP contribution in [0.4, 0.5) is 0 Å². The van der Waals surface area contributed by atoms with Crippen molar-refractivity contribution in [2.45, 2.75) is 46.3 Å². The number of benzene rings is 1. The summed E-state index contributed by atoms with van der Waals surface area (Å²) in [6.07, 6.45) is 0.100. The lowest BCUT2D eigenvalue weighted by molar-refractivity contribution is 0.0757. The average molecular weight is 307 g/mol. The molecule has 0 aliphatic carbocycles. The zero-order valence-electron chi connectivity index (χ0n) is 15.1. The second-order valence-electron chi connectivity index (χ2n) is 6.97. The van der Waals surface area contributed by atoms with Gasteiger partial charge in [-0.3, -0.25) is 0 Å². The van der Waals surface area contributed by atoms with Crippen molar-refractivity contribution < 1.29 is 14.0 Å². The van der Waals surface area contributed by atoms with Crippen LogP contribution < -0.4 is 10.2 Å². The fourth-order valence-corrected chi connectivity index (χ4v) is 1.81. The molecule has 0 radical (unpaired) electrons. The highest BCUT2D eigenvalue weighted by Gasteiger charge is 2.28. The molecule has 0 atom stereocenters. The van der Waals surface area contributed by atoms with E-state index in [2.05, 4.69) is 4.90 Å². The van der Waals surface area contributed by atoms with E-state index in [0.717, 1.165) is 17.8 Å². The molecule has 124 valence electrons. The number of nitrogens with zero attached hydrogens (tertiary/aromatic N) is 1. The molecule has 0 saturated heterocycles. The predicted octanol–water partition coefficient (Wildman–Crippen LogP) is 2.56. The van der Waals surface area contributed by atoms with Crippen LogP contribution in [0.2, 0.25) is 0 Å². The summed E-state index contributed by atoms with van der Waals surface area (Å²) in [5.41, 5.74) is 0.740. The van der Waals surface area contributed by atoms with Crippen molar-refractivity contribution in [1.82, 2.24) is 4.90 Å². The number of hydrogen-bond donors (Lipinski definition) is 0. The minimum Gasteiger partial charge on any atom is -0.492 e. The molecule has 0 spiro atoms. The molecule has 0 aliphatic rings. The molecular weight excluding hydrogens is 277 g/mol. The molecule has 4 nitrogen and oxygen atoms in total. The Morgan fingerprint density at radius 1 is 1.09 bits per heavy atom. The highest BCUT2D eigenvalue weighted by Crippen LogP contribution is 2.13. The molecule has 0 bridgehead atoms. The van der Waals surface area contributed by atoms with Gasteiger partial charge in [0.05, 0.1) is 0 Å². The van der Waals surface area contributed by atoms with Crippen molar-refractivity contribution >= 4 is 12.6 Å². The van der Waals surface area contributed by atoms with Gasteiger partial charge in [-0.25, -0.2) is 0 Å². The van der Waals surface area contributed by atoms with E-state index in [4.69, 9.17) is 14.0 Å². The van der Waals surface area contributed by atoms with Crippen LogP contribution in [0.5, 0.6) is 5.75 Å². The van der Waals surface area contributed by atoms with E-state index in [9.17, 15) is 0 Å². The summed E-state index contributed by atoms with van der Waals surface area (Å²) in [5, 5.41) is 0. The Labute approximate surface area is 135 Å². The zero-order valence-corrected chi connectivity index (χ0v) is 15.1. The first kappa shape index (κ1) is 19.0. The lowest BCUT2D eigenvalue weighted by Crippen LogP contribution is -2.44. The van der Waals surface area contributed by atoms with Gasteiger partial charge in [0.2, 0.25) is 0 Å². The van der Waals surface area contributed by atoms with Gasteiger partial charge in [0.15, 0.2) is 0 Å². The maximum atomic E-state index is 6.02. The topological polar surface area (TPSA) is 30.9 Å². The van der Waals surface area contributed by atoms with E-state index in [1.807, 2.05) is 73.0 Å². The second-order valence-corrected chi connectivity index (χ2v) is 6.97. The van der Waals surface area contributed by atoms with Gasteiger partial charge in [-0.05, 0) is 66.3 Å². The van der Waals surface area contributed by atoms with Crippen molar-refractivity contribution in [3.8, 4) is 5.75 Å². The van der Waals surface area contributed by atoms with Gasteiger partial charge in [-0.1, -0.05) is 12.1 Å². The summed E-state index contributed by atoms with van der Waals surface area (Å²) in [6, 6.07) is 7.94. The Balaban J connectivity index is 2.70. The van der Waals surface area contributed by atoms with Gasteiger partial charge in [0, 0.05) is 18.2 Å². The Kier molecular flexibility index (Phi) is 7.40. The zero-order chi connectivity index (χ0) is 16.8. The monoisotopic (exact) mass is 307 g/mol. The normalized spacial score (nSPS) is 12.0. The van der Waals surface area contributed by atoms with Gasteiger partial charge < -0.3 is 18.9 Å². The highest BCUT2D eigenvalue weighted by atomic mass is 16.6. The molecular formula is C17H30BNO3. The molecule has 0 fully saturated rings. The Morgan fingerprint density at radius 3 is 2.14 bits per heavy atom. The fraction of sp³-hybridized carbons (Fsp3) is 0.647. The molecule has 0 saturated carbocycles. The Morgan fingerprint density at radius 2 is 1.68 bits per heavy atom. The van der Waals surface area contributed by atoms with Gasteiger partial charge in [0.25, 0.3) is 0 Å². The van der Waals surface area contributed by atoms with E-state index in [1.165, 1.54) is 0 Å². The van der Waals surface area contributed by atoms with Crippen LogP contribution in [0, 0.1) is 0 Å². The van der Waals surface area contributed by atoms with E-state index >= 15 is 0 Å². The maximum Gasteiger partial charge on any atom is 0.494 e. The average Bonchev–Trinajstić information content (AvgIpc) is 2.36. The minimum atomic E-state index is -0.365. The number of likely N-dealkylation sites (N-methyl/N-ethyl adjacent to an activating group) is 1. The van der Waals surface area contributed by atoms with Crippen LogP contribution in [0.25, 0.3) is 0 Å². The summed E-state index contributed by atoms with van der Waals surface area (Å²) in [5.74, 6) is 0.865. The summed E-state index contributed by atoms with van der Waals surface area (Å²) in [4.78, 5) is 2.10. The minimum absolute atomic E-state index is 0.100. The first-order valence-electron chi connectivity index (χ1n) is 7.88. The van der Waals surface area contributed by atoms with Gasteiger partial charge in [0.1, 0.15) is 12.4 Å². The Hall–Kier alpha value is -1.04. The van der Waals surface area contributed by atoms with Crippen molar-refractivity contribution in [1.29, 1.82) is 0 Å². The number of hydrogen-bond acceptors (Lipinski definition) is 4. The van der Waals surface area contributed by atoms with E-state index in [1.54, 1.807) is 0 Å². The molecule has 22 heavy (non-hydrogen) atoms. The number of rotatable bonds is 8. The molecule has 0 N–H and O–H groups in total. The summed E-state index contributed by atoms with van der Waals surface area (Å²) < 4.78 is 17.6. The Bertz CT molecular complexity index is 427. The van der Waals surface area contributed by atoms with Crippen LogP contribution >= 0.6 is 0 Å². The van der Waals surface area contributed by atoms with Crippen molar-refractivity contribution in [2.24, 2.45) is 0 Å². The van der Waals surface area contributed by atoms with Crippen LogP contribution in [0.1, 0.15) is 34.6 Å². The molecule has 0 heterocycles. The standard InChI is InChI=1S/C17H30BNO3/c1-14(2)21-18(22-17(3,4)5)15-8-10-16(11-9-15)20-13-12-19(6)7/h8-11,14H,12-13H2,1-7H3. The van der Waals surface area contributed by atoms with Gasteiger partial charge in [-0.2, -0.15) is 0 Å². The smallest absolute Gasteiger partial charge is 0.492 e. The summed E-state index contributed by atoms with van der Waals surface area (Å²) in [7, 11) is 3.70. The van der Waals surface area contributed by atoms with Crippen LogP contribution in [0.15, 0.2) is 24.3 Å². The maximum absolute atomic E-state index is 6.02. The lowest BCUT2D eigenvalue weighted by atomic mass is 9.77. The van der Waals surface area contributed by atoms with Crippen LogP contribution in [0.3, 0.4) is 0 Å². The van der Waals surface area contributed by atoms with E-state index in [-0.39, 0.29) is 18.8 Å². The summed E-state index contributed by atoms with van der Waals surface area (Å²) >= 11 is 0. The molecule has 1 rings (SSSR count). The SMILES string of the molecule is CC(C)OB(OC(C)(C)C)c1ccc(OCCN(C)C)cc1. The van der Waals surface area contributed by atoms with E-state index < -0.39 is 0 Å². The van der Waals surface area contributed by atoms with Gasteiger partial charge in [-0.15, -0.1) is 0 Å². The largest absolute Gasteiger partial charge is 0.494 e. The first-order chi connectivity index (χ1) is 10.2. The molecule has 0 amide bonds. The van der Waals surface area contributed by atoms with Crippen LogP contribution in [-0.4, -0.2) is 51.0 Å².